The Morgan fingerprint density at radius 3 is 2.18 bits per heavy atom. The quantitative estimate of drug-likeness (QED) is 0.588. The minimum Gasteiger partial charge on any atom is -0.481 e. The molecule has 0 aromatic carbocycles. The SMILES string of the molecule is CC(C)CC(=O)NC(CCCC(=O)O)C(=O)O. The first-order chi connectivity index (χ1) is 7.82. The van der Waals surface area contributed by atoms with Crippen LogP contribution in [0.5, 0.6) is 0 Å². The highest BCUT2D eigenvalue weighted by molar-refractivity contribution is 5.83. The molecule has 0 aliphatic rings. The third-order valence-corrected chi connectivity index (χ3v) is 2.11. The van der Waals surface area contributed by atoms with E-state index in [4.69, 9.17) is 10.2 Å². The maximum atomic E-state index is 11.4. The first-order valence-corrected chi connectivity index (χ1v) is 5.57. The van der Waals surface area contributed by atoms with Crippen molar-refractivity contribution in [3.8, 4) is 0 Å². The van der Waals surface area contributed by atoms with E-state index in [1.807, 2.05) is 13.8 Å². The molecule has 6 nitrogen and oxygen atoms in total. The van der Waals surface area contributed by atoms with Crippen LogP contribution in [0.2, 0.25) is 0 Å². The fourth-order valence-corrected chi connectivity index (χ4v) is 1.34. The Bertz CT molecular complexity index is 288. The second kappa shape index (κ2) is 7.65. The number of carboxylic acid groups (broad SMARTS) is 2. The fraction of sp³-hybridized carbons (Fsp3) is 0.727. The average molecular weight is 245 g/mol. The van der Waals surface area contributed by atoms with Crippen LogP contribution in [-0.4, -0.2) is 34.1 Å². The van der Waals surface area contributed by atoms with Crippen molar-refractivity contribution in [2.75, 3.05) is 0 Å². The van der Waals surface area contributed by atoms with E-state index in [0.29, 0.717) is 0 Å². The Morgan fingerprint density at radius 2 is 1.76 bits per heavy atom. The normalized spacial score (nSPS) is 12.2. The topological polar surface area (TPSA) is 104 Å². The number of amides is 1. The minimum atomic E-state index is -1.13. The number of carbonyl (C=O) groups excluding carboxylic acids is 1. The van der Waals surface area contributed by atoms with E-state index in [-0.39, 0.29) is 37.5 Å². The third-order valence-electron chi connectivity index (χ3n) is 2.11. The van der Waals surface area contributed by atoms with Crippen molar-refractivity contribution < 1.29 is 24.6 Å². The second-order valence-electron chi connectivity index (χ2n) is 4.34. The summed E-state index contributed by atoms with van der Waals surface area (Å²) in [6.45, 7) is 3.72. The number of nitrogens with one attached hydrogen (secondary N) is 1. The van der Waals surface area contributed by atoms with Gasteiger partial charge in [0.05, 0.1) is 0 Å². The van der Waals surface area contributed by atoms with Gasteiger partial charge in [-0.15, -0.1) is 0 Å². The molecule has 1 atom stereocenters. The highest BCUT2D eigenvalue weighted by atomic mass is 16.4. The fourth-order valence-electron chi connectivity index (χ4n) is 1.34. The zero-order valence-corrected chi connectivity index (χ0v) is 10.1. The van der Waals surface area contributed by atoms with Gasteiger partial charge >= 0.3 is 11.9 Å². The van der Waals surface area contributed by atoms with E-state index in [0.717, 1.165) is 0 Å². The molecule has 1 unspecified atom stereocenters. The van der Waals surface area contributed by atoms with Gasteiger partial charge in [-0.2, -0.15) is 0 Å². The van der Waals surface area contributed by atoms with Gasteiger partial charge in [0.15, 0.2) is 0 Å². The molecule has 0 bridgehead atoms. The zero-order chi connectivity index (χ0) is 13.4. The number of rotatable bonds is 8. The standard InChI is InChI=1S/C11H19NO5/c1-7(2)6-9(13)12-8(11(16)17)4-3-5-10(14)15/h7-8H,3-6H2,1-2H3,(H,12,13)(H,14,15)(H,16,17). The van der Waals surface area contributed by atoms with Crippen LogP contribution in [0.1, 0.15) is 39.5 Å². The van der Waals surface area contributed by atoms with E-state index in [9.17, 15) is 14.4 Å². The van der Waals surface area contributed by atoms with Gasteiger partial charge in [0.25, 0.3) is 0 Å². The van der Waals surface area contributed by atoms with Crippen LogP contribution in [-0.2, 0) is 14.4 Å². The molecule has 1 amide bonds. The number of carbonyl (C=O) groups is 3. The molecule has 0 fully saturated rings. The lowest BCUT2D eigenvalue weighted by Gasteiger charge is -2.14. The van der Waals surface area contributed by atoms with E-state index >= 15 is 0 Å². The van der Waals surface area contributed by atoms with Crippen LogP contribution in [0.15, 0.2) is 0 Å². The van der Waals surface area contributed by atoms with Crippen LogP contribution in [0.4, 0.5) is 0 Å². The second-order valence-corrected chi connectivity index (χ2v) is 4.34. The lowest BCUT2D eigenvalue weighted by atomic mass is 10.1. The van der Waals surface area contributed by atoms with Crippen molar-refractivity contribution in [2.45, 2.75) is 45.6 Å². The monoisotopic (exact) mass is 245 g/mol. The number of hydrogen-bond acceptors (Lipinski definition) is 3. The molecule has 0 aliphatic carbocycles. The van der Waals surface area contributed by atoms with Crippen molar-refractivity contribution in [2.24, 2.45) is 5.92 Å². The summed E-state index contributed by atoms with van der Waals surface area (Å²) in [6, 6.07) is -0.999. The summed E-state index contributed by atoms with van der Waals surface area (Å²) >= 11 is 0. The Hall–Kier alpha value is -1.59. The van der Waals surface area contributed by atoms with Gasteiger partial charge in [0, 0.05) is 12.8 Å². The predicted molar refractivity (Wildman–Crippen MR) is 60.5 cm³/mol. The van der Waals surface area contributed by atoms with Gasteiger partial charge in [-0.25, -0.2) is 4.79 Å². The average Bonchev–Trinajstić information content (AvgIpc) is 2.13. The maximum absolute atomic E-state index is 11.4. The van der Waals surface area contributed by atoms with Gasteiger partial charge in [-0.05, 0) is 18.8 Å². The van der Waals surface area contributed by atoms with Crippen molar-refractivity contribution in [3.63, 3.8) is 0 Å². The molecule has 3 N–H and O–H groups in total. The van der Waals surface area contributed by atoms with E-state index < -0.39 is 18.0 Å². The summed E-state index contributed by atoms with van der Waals surface area (Å²) in [4.78, 5) is 32.5. The van der Waals surface area contributed by atoms with Crippen molar-refractivity contribution in [3.05, 3.63) is 0 Å². The number of carboxylic acids is 2. The smallest absolute Gasteiger partial charge is 0.326 e. The first kappa shape index (κ1) is 15.4. The van der Waals surface area contributed by atoms with Gasteiger partial charge in [-0.3, -0.25) is 9.59 Å². The molecule has 0 aromatic rings. The molecule has 0 spiro atoms. The molecule has 98 valence electrons. The Morgan fingerprint density at radius 1 is 1.18 bits per heavy atom. The summed E-state index contributed by atoms with van der Waals surface area (Å²) in [5.41, 5.74) is 0. The van der Waals surface area contributed by atoms with Gasteiger partial charge in [0.2, 0.25) is 5.91 Å². The van der Waals surface area contributed by atoms with Crippen LogP contribution in [0, 0.1) is 5.92 Å². The Kier molecular flexibility index (Phi) is 6.93. The molecule has 0 saturated carbocycles. The third kappa shape index (κ3) is 8.24. The molecule has 0 rings (SSSR count). The van der Waals surface area contributed by atoms with Gasteiger partial charge < -0.3 is 15.5 Å². The summed E-state index contributed by atoms with van der Waals surface area (Å²) in [7, 11) is 0. The summed E-state index contributed by atoms with van der Waals surface area (Å²) in [5, 5.41) is 19.7. The molecule has 0 radical (unpaired) electrons. The van der Waals surface area contributed by atoms with Crippen LogP contribution >= 0.6 is 0 Å². The number of aliphatic carboxylic acids is 2. The molecule has 0 heterocycles. The Balaban J connectivity index is 4.11. The minimum absolute atomic E-state index is 0.0934. The summed E-state index contributed by atoms with van der Waals surface area (Å²) in [6.07, 6.45) is 0.534. The molecule has 17 heavy (non-hydrogen) atoms. The predicted octanol–water partition coefficient (Wildman–Crippen LogP) is 0.857. The lowest BCUT2D eigenvalue weighted by Crippen LogP contribution is -2.41. The first-order valence-electron chi connectivity index (χ1n) is 5.57. The zero-order valence-electron chi connectivity index (χ0n) is 10.1. The van der Waals surface area contributed by atoms with Crippen molar-refractivity contribution in [1.29, 1.82) is 0 Å². The van der Waals surface area contributed by atoms with Crippen molar-refractivity contribution in [1.82, 2.24) is 5.32 Å². The molecule has 0 aliphatic heterocycles. The molecular weight excluding hydrogens is 226 g/mol. The van der Waals surface area contributed by atoms with Crippen molar-refractivity contribution >= 4 is 17.8 Å². The molecule has 6 heteroatoms. The van der Waals surface area contributed by atoms with Gasteiger partial charge in [-0.1, -0.05) is 13.8 Å². The number of hydrogen-bond donors (Lipinski definition) is 3. The van der Waals surface area contributed by atoms with Gasteiger partial charge in [0.1, 0.15) is 6.04 Å². The van der Waals surface area contributed by atoms with E-state index in [1.165, 1.54) is 0 Å². The molecular formula is C11H19NO5. The largest absolute Gasteiger partial charge is 0.481 e. The Labute approximate surface area is 100 Å². The highest BCUT2D eigenvalue weighted by Gasteiger charge is 2.20. The summed E-state index contributed by atoms with van der Waals surface area (Å²) < 4.78 is 0. The maximum Gasteiger partial charge on any atom is 0.326 e. The van der Waals surface area contributed by atoms with Crippen LogP contribution in [0.3, 0.4) is 0 Å². The lowest BCUT2D eigenvalue weighted by molar-refractivity contribution is -0.142. The van der Waals surface area contributed by atoms with Crippen LogP contribution < -0.4 is 5.32 Å². The highest BCUT2D eigenvalue weighted by Crippen LogP contribution is 2.04. The summed E-state index contributed by atoms with van der Waals surface area (Å²) in [5.74, 6) is -2.26. The molecule has 0 saturated heterocycles. The van der Waals surface area contributed by atoms with E-state index in [2.05, 4.69) is 5.32 Å². The van der Waals surface area contributed by atoms with E-state index in [1.54, 1.807) is 0 Å². The molecule has 0 aromatic heterocycles. The van der Waals surface area contributed by atoms with Crippen LogP contribution in [0.25, 0.3) is 0 Å².